The van der Waals surface area contributed by atoms with E-state index in [0.29, 0.717) is 23.0 Å². The molecule has 0 radical (unpaired) electrons. The van der Waals surface area contributed by atoms with Crippen LogP contribution in [0.4, 0.5) is 5.69 Å². The van der Waals surface area contributed by atoms with E-state index >= 15 is 0 Å². The SMILES string of the molecule is C[C@@H](O)CCc1ncc(Br)cc1[N+](=O)[O-]. The Kier molecular flexibility index (Phi) is 4.16. The topological polar surface area (TPSA) is 76.3 Å². The second-order valence-corrected chi connectivity index (χ2v) is 4.18. The van der Waals surface area contributed by atoms with E-state index in [9.17, 15) is 10.1 Å². The van der Waals surface area contributed by atoms with Crippen LogP contribution < -0.4 is 0 Å². The van der Waals surface area contributed by atoms with Crippen molar-refractivity contribution in [3.8, 4) is 0 Å². The maximum atomic E-state index is 10.7. The molecule has 0 unspecified atom stereocenters. The molecule has 0 saturated heterocycles. The molecule has 15 heavy (non-hydrogen) atoms. The summed E-state index contributed by atoms with van der Waals surface area (Å²) in [7, 11) is 0. The zero-order chi connectivity index (χ0) is 11.4. The fourth-order valence-electron chi connectivity index (χ4n) is 1.15. The normalized spacial score (nSPS) is 12.5. The Labute approximate surface area is 95.4 Å². The molecule has 0 fully saturated rings. The van der Waals surface area contributed by atoms with Gasteiger partial charge < -0.3 is 5.11 Å². The Morgan fingerprint density at radius 3 is 2.93 bits per heavy atom. The molecule has 1 aromatic heterocycles. The van der Waals surface area contributed by atoms with Gasteiger partial charge in [0.25, 0.3) is 5.69 Å². The van der Waals surface area contributed by atoms with Crippen LogP contribution in [0.1, 0.15) is 19.0 Å². The molecule has 0 aliphatic carbocycles. The number of rotatable bonds is 4. The lowest BCUT2D eigenvalue weighted by atomic mass is 10.1. The minimum Gasteiger partial charge on any atom is -0.393 e. The van der Waals surface area contributed by atoms with Gasteiger partial charge >= 0.3 is 0 Å². The van der Waals surface area contributed by atoms with Gasteiger partial charge in [-0.15, -0.1) is 0 Å². The van der Waals surface area contributed by atoms with E-state index in [0.717, 1.165) is 0 Å². The van der Waals surface area contributed by atoms with Crippen LogP contribution in [-0.2, 0) is 6.42 Å². The Morgan fingerprint density at radius 1 is 1.73 bits per heavy atom. The molecule has 0 spiro atoms. The van der Waals surface area contributed by atoms with Crippen molar-refractivity contribution in [3.05, 3.63) is 32.5 Å². The Balaban J connectivity index is 2.91. The van der Waals surface area contributed by atoms with E-state index in [2.05, 4.69) is 20.9 Å². The third-order valence-corrected chi connectivity index (χ3v) is 2.34. The standard InChI is InChI=1S/C9H11BrN2O3/c1-6(13)2-3-8-9(12(14)15)4-7(10)5-11-8/h4-6,13H,2-3H2,1H3/t6-/m1/s1. The van der Waals surface area contributed by atoms with Crippen LogP contribution in [0.2, 0.25) is 0 Å². The lowest BCUT2D eigenvalue weighted by Gasteiger charge is -2.04. The summed E-state index contributed by atoms with van der Waals surface area (Å²) in [6.45, 7) is 1.64. The Morgan fingerprint density at radius 2 is 2.40 bits per heavy atom. The number of pyridine rings is 1. The summed E-state index contributed by atoms with van der Waals surface area (Å²) in [5.74, 6) is 0. The minimum absolute atomic E-state index is 0.00924. The molecular weight excluding hydrogens is 264 g/mol. The number of hydrogen-bond acceptors (Lipinski definition) is 4. The summed E-state index contributed by atoms with van der Waals surface area (Å²) in [4.78, 5) is 14.2. The average molecular weight is 275 g/mol. The van der Waals surface area contributed by atoms with Crippen molar-refractivity contribution in [1.29, 1.82) is 0 Å². The van der Waals surface area contributed by atoms with Gasteiger partial charge in [-0.2, -0.15) is 0 Å². The first-order chi connectivity index (χ1) is 7.00. The van der Waals surface area contributed by atoms with Gasteiger partial charge in [-0.1, -0.05) is 0 Å². The molecule has 0 saturated carbocycles. The molecule has 5 nitrogen and oxygen atoms in total. The first-order valence-electron chi connectivity index (χ1n) is 4.47. The van der Waals surface area contributed by atoms with E-state index in [1.165, 1.54) is 12.3 Å². The highest BCUT2D eigenvalue weighted by Crippen LogP contribution is 2.22. The smallest absolute Gasteiger partial charge is 0.291 e. The number of aliphatic hydroxyl groups is 1. The van der Waals surface area contributed by atoms with E-state index in [-0.39, 0.29) is 5.69 Å². The molecule has 1 atom stereocenters. The van der Waals surface area contributed by atoms with Crippen LogP contribution in [0.3, 0.4) is 0 Å². The Hall–Kier alpha value is -1.01. The van der Waals surface area contributed by atoms with Gasteiger partial charge in [0, 0.05) is 16.7 Å². The van der Waals surface area contributed by atoms with Gasteiger partial charge in [0.1, 0.15) is 5.69 Å². The lowest BCUT2D eigenvalue weighted by Crippen LogP contribution is -2.05. The van der Waals surface area contributed by atoms with Crippen molar-refractivity contribution in [3.63, 3.8) is 0 Å². The van der Waals surface area contributed by atoms with Crippen LogP contribution in [0.25, 0.3) is 0 Å². The van der Waals surface area contributed by atoms with E-state index in [1.807, 2.05) is 0 Å². The average Bonchev–Trinajstić information content (AvgIpc) is 2.15. The second-order valence-electron chi connectivity index (χ2n) is 3.26. The van der Waals surface area contributed by atoms with Crippen molar-refractivity contribution >= 4 is 21.6 Å². The number of nitro groups is 1. The van der Waals surface area contributed by atoms with Crippen molar-refractivity contribution in [1.82, 2.24) is 4.98 Å². The maximum absolute atomic E-state index is 10.7. The second kappa shape index (κ2) is 5.18. The minimum atomic E-state index is -0.477. The van der Waals surface area contributed by atoms with Gasteiger partial charge in [0.05, 0.1) is 11.0 Å². The quantitative estimate of drug-likeness (QED) is 0.674. The third-order valence-electron chi connectivity index (χ3n) is 1.91. The molecule has 0 aliphatic rings. The molecule has 1 rings (SSSR count). The van der Waals surface area contributed by atoms with Crippen LogP contribution in [0.15, 0.2) is 16.7 Å². The molecule has 1 heterocycles. The molecule has 82 valence electrons. The van der Waals surface area contributed by atoms with Gasteiger partial charge in [0.2, 0.25) is 0 Å². The number of halogens is 1. The summed E-state index contributed by atoms with van der Waals surface area (Å²) in [5, 5.41) is 19.8. The molecule has 0 bridgehead atoms. The number of aliphatic hydroxyl groups excluding tert-OH is 1. The number of aromatic nitrogens is 1. The highest BCUT2D eigenvalue weighted by Gasteiger charge is 2.15. The lowest BCUT2D eigenvalue weighted by molar-refractivity contribution is -0.386. The van der Waals surface area contributed by atoms with Gasteiger partial charge in [-0.05, 0) is 35.7 Å². The van der Waals surface area contributed by atoms with Crippen LogP contribution in [-0.4, -0.2) is 21.1 Å². The van der Waals surface area contributed by atoms with Gasteiger partial charge in [0.15, 0.2) is 0 Å². The zero-order valence-electron chi connectivity index (χ0n) is 8.18. The van der Waals surface area contributed by atoms with E-state index in [4.69, 9.17) is 5.11 Å². The summed E-state index contributed by atoms with van der Waals surface area (Å²) >= 11 is 3.13. The van der Waals surface area contributed by atoms with Crippen molar-refractivity contribution in [2.24, 2.45) is 0 Å². The zero-order valence-corrected chi connectivity index (χ0v) is 9.77. The number of aryl methyl sites for hydroxylation is 1. The predicted octanol–water partition coefficient (Wildman–Crippen LogP) is 2.07. The maximum Gasteiger partial charge on any atom is 0.291 e. The molecule has 0 aliphatic heterocycles. The van der Waals surface area contributed by atoms with Crippen molar-refractivity contribution < 1.29 is 10.0 Å². The molecule has 1 N–H and O–H groups in total. The predicted molar refractivity (Wildman–Crippen MR) is 58.6 cm³/mol. The molecule has 1 aromatic rings. The largest absolute Gasteiger partial charge is 0.393 e. The monoisotopic (exact) mass is 274 g/mol. The van der Waals surface area contributed by atoms with E-state index < -0.39 is 11.0 Å². The highest BCUT2D eigenvalue weighted by molar-refractivity contribution is 9.10. The fraction of sp³-hybridized carbons (Fsp3) is 0.444. The summed E-state index contributed by atoms with van der Waals surface area (Å²) < 4.78 is 0.579. The first kappa shape index (κ1) is 12.1. The summed E-state index contributed by atoms with van der Waals surface area (Å²) in [5.41, 5.74) is 0.397. The number of nitrogens with zero attached hydrogens (tertiary/aromatic N) is 2. The number of hydrogen-bond donors (Lipinski definition) is 1. The summed E-state index contributed by atoms with van der Waals surface area (Å²) in [6.07, 6.45) is 1.91. The van der Waals surface area contributed by atoms with E-state index in [1.54, 1.807) is 6.92 Å². The van der Waals surface area contributed by atoms with Crippen molar-refractivity contribution in [2.45, 2.75) is 25.9 Å². The summed E-state index contributed by atoms with van der Waals surface area (Å²) in [6, 6.07) is 1.42. The van der Waals surface area contributed by atoms with Crippen LogP contribution in [0, 0.1) is 10.1 Å². The Bertz CT molecular complexity index is 368. The van der Waals surface area contributed by atoms with Crippen LogP contribution >= 0.6 is 15.9 Å². The third kappa shape index (κ3) is 3.56. The first-order valence-corrected chi connectivity index (χ1v) is 5.27. The molecule has 6 heteroatoms. The van der Waals surface area contributed by atoms with Gasteiger partial charge in [-0.3, -0.25) is 15.1 Å². The molecule has 0 aromatic carbocycles. The highest BCUT2D eigenvalue weighted by atomic mass is 79.9. The van der Waals surface area contributed by atoms with Crippen LogP contribution in [0.5, 0.6) is 0 Å². The van der Waals surface area contributed by atoms with Crippen molar-refractivity contribution in [2.75, 3.05) is 0 Å². The molecular formula is C9H11BrN2O3. The van der Waals surface area contributed by atoms with Gasteiger partial charge in [-0.25, -0.2) is 0 Å². The molecule has 0 amide bonds. The fourth-order valence-corrected chi connectivity index (χ4v) is 1.47.